The van der Waals surface area contributed by atoms with Crippen LogP contribution in [0.3, 0.4) is 0 Å². The molecule has 2 rings (SSSR count). The second kappa shape index (κ2) is 4.98. The zero-order valence-corrected chi connectivity index (χ0v) is 10.7. The maximum atomic E-state index is 5.70. The number of hydrogen-bond acceptors (Lipinski definition) is 5. The van der Waals surface area contributed by atoms with E-state index in [0.717, 1.165) is 30.3 Å². The summed E-state index contributed by atoms with van der Waals surface area (Å²) < 4.78 is 5.70. The standard InChI is InChI=1S/C12H20N4O/c1-8-6-16(7-9(2)17-8)12-14-5-11(4-13)10(3)15-12/h5,8-9H,4,6-7,13H2,1-3H3. The number of aryl methyl sites for hydroxylation is 1. The van der Waals surface area contributed by atoms with Crippen molar-refractivity contribution in [1.29, 1.82) is 0 Å². The van der Waals surface area contributed by atoms with Gasteiger partial charge < -0.3 is 15.4 Å². The number of nitrogens with two attached hydrogens (primary N) is 1. The van der Waals surface area contributed by atoms with Crippen molar-refractivity contribution in [1.82, 2.24) is 9.97 Å². The highest BCUT2D eigenvalue weighted by Crippen LogP contribution is 2.17. The fraction of sp³-hybridized carbons (Fsp3) is 0.667. The first-order valence-corrected chi connectivity index (χ1v) is 6.03. The molecule has 17 heavy (non-hydrogen) atoms. The second-order valence-corrected chi connectivity index (χ2v) is 4.65. The van der Waals surface area contributed by atoms with Crippen molar-refractivity contribution >= 4 is 5.95 Å². The number of anilines is 1. The lowest BCUT2D eigenvalue weighted by Gasteiger charge is -2.35. The molecule has 1 fully saturated rings. The van der Waals surface area contributed by atoms with Crippen molar-refractivity contribution in [2.45, 2.75) is 39.5 Å². The number of ether oxygens (including phenoxy) is 1. The molecule has 5 nitrogen and oxygen atoms in total. The molecule has 1 aromatic rings. The molecule has 0 bridgehead atoms. The lowest BCUT2D eigenvalue weighted by molar-refractivity contribution is -0.00573. The van der Waals surface area contributed by atoms with E-state index in [0.29, 0.717) is 6.54 Å². The molecule has 0 radical (unpaired) electrons. The van der Waals surface area contributed by atoms with E-state index in [1.54, 1.807) is 0 Å². The van der Waals surface area contributed by atoms with Crippen LogP contribution in [0.2, 0.25) is 0 Å². The van der Waals surface area contributed by atoms with Gasteiger partial charge in [-0.3, -0.25) is 0 Å². The SMILES string of the molecule is Cc1nc(N2CC(C)OC(C)C2)ncc1CN. The summed E-state index contributed by atoms with van der Waals surface area (Å²) in [5.74, 6) is 0.779. The quantitative estimate of drug-likeness (QED) is 0.825. The molecule has 2 atom stereocenters. The van der Waals surface area contributed by atoms with Crippen molar-refractivity contribution in [2.75, 3.05) is 18.0 Å². The third-order valence-electron chi connectivity index (χ3n) is 2.99. The molecule has 0 aliphatic carbocycles. The molecule has 5 heteroatoms. The van der Waals surface area contributed by atoms with Crippen LogP contribution in [0.5, 0.6) is 0 Å². The Kier molecular flexibility index (Phi) is 3.59. The van der Waals surface area contributed by atoms with Gasteiger partial charge in [0.2, 0.25) is 5.95 Å². The van der Waals surface area contributed by atoms with Gasteiger partial charge in [0.25, 0.3) is 0 Å². The van der Waals surface area contributed by atoms with E-state index in [1.165, 1.54) is 0 Å². The van der Waals surface area contributed by atoms with E-state index in [4.69, 9.17) is 10.5 Å². The van der Waals surface area contributed by atoms with Crippen LogP contribution in [-0.4, -0.2) is 35.3 Å². The smallest absolute Gasteiger partial charge is 0.225 e. The van der Waals surface area contributed by atoms with Crippen LogP contribution in [0.1, 0.15) is 25.1 Å². The minimum atomic E-state index is 0.219. The maximum absolute atomic E-state index is 5.70. The molecule has 2 unspecified atom stereocenters. The van der Waals surface area contributed by atoms with Crippen LogP contribution in [0.4, 0.5) is 5.95 Å². The average Bonchev–Trinajstić information content (AvgIpc) is 2.27. The van der Waals surface area contributed by atoms with Gasteiger partial charge in [0, 0.05) is 37.1 Å². The molecule has 94 valence electrons. The Morgan fingerprint density at radius 2 is 2.06 bits per heavy atom. The largest absolute Gasteiger partial charge is 0.372 e. The molecule has 0 amide bonds. The van der Waals surface area contributed by atoms with Crippen LogP contribution in [-0.2, 0) is 11.3 Å². The van der Waals surface area contributed by atoms with Crippen molar-refractivity contribution in [2.24, 2.45) is 5.73 Å². The summed E-state index contributed by atoms with van der Waals surface area (Å²) in [4.78, 5) is 11.1. The van der Waals surface area contributed by atoms with E-state index in [9.17, 15) is 0 Å². The average molecular weight is 236 g/mol. The summed E-state index contributed by atoms with van der Waals surface area (Å²) in [5.41, 5.74) is 7.57. The highest BCUT2D eigenvalue weighted by atomic mass is 16.5. The summed E-state index contributed by atoms with van der Waals surface area (Å²) >= 11 is 0. The number of aromatic nitrogens is 2. The lowest BCUT2D eigenvalue weighted by atomic mass is 10.2. The van der Waals surface area contributed by atoms with Gasteiger partial charge in [0.15, 0.2) is 0 Å². The number of rotatable bonds is 2. The number of nitrogens with zero attached hydrogens (tertiary/aromatic N) is 3. The summed E-state index contributed by atoms with van der Waals surface area (Å²) in [5, 5.41) is 0. The molecule has 1 saturated heterocycles. The normalized spacial score (nSPS) is 25.1. The van der Waals surface area contributed by atoms with Crippen molar-refractivity contribution in [3.63, 3.8) is 0 Å². The van der Waals surface area contributed by atoms with Crippen LogP contribution in [0.25, 0.3) is 0 Å². The summed E-state index contributed by atoms with van der Waals surface area (Å²) in [6.07, 6.45) is 2.26. The molecular formula is C12H20N4O. The van der Waals surface area contributed by atoms with E-state index in [1.807, 2.05) is 13.1 Å². The van der Waals surface area contributed by atoms with Gasteiger partial charge >= 0.3 is 0 Å². The first kappa shape index (κ1) is 12.3. The lowest BCUT2D eigenvalue weighted by Crippen LogP contribution is -2.46. The number of morpholine rings is 1. The van der Waals surface area contributed by atoms with Crippen molar-refractivity contribution < 1.29 is 4.74 Å². The summed E-state index contributed by atoms with van der Waals surface area (Å²) in [6, 6.07) is 0. The first-order chi connectivity index (χ1) is 8.10. The van der Waals surface area contributed by atoms with Gasteiger partial charge in [-0.25, -0.2) is 9.97 Å². The Morgan fingerprint density at radius 3 is 2.59 bits per heavy atom. The predicted octanol–water partition coefficient (Wildman–Crippen LogP) is 0.857. The molecule has 2 heterocycles. The highest BCUT2D eigenvalue weighted by Gasteiger charge is 2.24. The first-order valence-electron chi connectivity index (χ1n) is 6.03. The van der Waals surface area contributed by atoms with Crippen LogP contribution in [0.15, 0.2) is 6.20 Å². The monoisotopic (exact) mass is 236 g/mol. The Bertz CT molecular complexity index is 386. The summed E-state index contributed by atoms with van der Waals surface area (Å²) in [6.45, 7) is 8.29. The topological polar surface area (TPSA) is 64.3 Å². The van der Waals surface area contributed by atoms with E-state index >= 15 is 0 Å². The minimum Gasteiger partial charge on any atom is -0.372 e. The minimum absolute atomic E-state index is 0.219. The van der Waals surface area contributed by atoms with Gasteiger partial charge in [-0.05, 0) is 20.8 Å². The van der Waals surface area contributed by atoms with Crippen LogP contribution < -0.4 is 10.6 Å². The molecule has 2 N–H and O–H groups in total. The molecule has 1 aromatic heterocycles. The van der Waals surface area contributed by atoms with Gasteiger partial charge in [-0.2, -0.15) is 0 Å². The molecule has 0 spiro atoms. The van der Waals surface area contributed by atoms with Gasteiger partial charge in [-0.15, -0.1) is 0 Å². The Labute approximate surface area is 102 Å². The van der Waals surface area contributed by atoms with Crippen LogP contribution in [0, 0.1) is 6.92 Å². The van der Waals surface area contributed by atoms with E-state index < -0.39 is 0 Å². The molecule has 0 aromatic carbocycles. The predicted molar refractivity (Wildman–Crippen MR) is 66.9 cm³/mol. The Morgan fingerprint density at radius 1 is 1.41 bits per heavy atom. The maximum Gasteiger partial charge on any atom is 0.225 e. The molecule has 1 aliphatic rings. The molecule has 0 saturated carbocycles. The second-order valence-electron chi connectivity index (χ2n) is 4.65. The molecular weight excluding hydrogens is 216 g/mol. The Hall–Kier alpha value is -1.20. The Balaban J connectivity index is 2.19. The number of hydrogen-bond donors (Lipinski definition) is 1. The van der Waals surface area contributed by atoms with Crippen LogP contribution >= 0.6 is 0 Å². The van der Waals surface area contributed by atoms with E-state index in [2.05, 4.69) is 28.7 Å². The van der Waals surface area contributed by atoms with Crippen molar-refractivity contribution in [3.05, 3.63) is 17.5 Å². The fourth-order valence-electron chi connectivity index (χ4n) is 2.17. The zero-order valence-electron chi connectivity index (χ0n) is 10.7. The van der Waals surface area contributed by atoms with Gasteiger partial charge in [0.05, 0.1) is 12.2 Å². The van der Waals surface area contributed by atoms with Gasteiger partial charge in [0.1, 0.15) is 0 Å². The fourth-order valence-corrected chi connectivity index (χ4v) is 2.17. The molecule has 1 aliphatic heterocycles. The summed E-state index contributed by atoms with van der Waals surface area (Å²) in [7, 11) is 0. The zero-order chi connectivity index (χ0) is 12.4. The van der Waals surface area contributed by atoms with E-state index in [-0.39, 0.29) is 12.2 Å². The third kappa shape index (κ3) is 2.73. The highest BCUT2D eigenvalue weighted by molar-refractivity contribution is 5.33. The third-order valence-corrected chi connectivity index (χ3v) is 2.99. The van der Waals surface area contributed by atoms with Gasteiger partial charge in [-0.1, -0.05) is 0 Å². The van der Waals surface area contributed by atoms with Crippen molar-refractivity contribution in [3.8, 4) is 0 Å².